The number of carbonyl (C=O) groups is 1. The third-order valence-electron chi connectivity index (χ3n) is 6.18. The number of nitrogens with zero attached hydrogens (tertiary/aromatic N) is 2. The molecule has 0 amide bonds. The molecule has 7 nitrogen and oxygen atoms in total. The molecular formula is C26H24N2O5S. The summed E-state index contributed by atoms with van der Waals surface area (Å²) in [7, 11) is 4.79. The fraction of sp³-hybridized carbons (Fsp3) is 0.269. The van der Waals surface area contributed by atoms with Crippen molar-refractivity contribution in [2.45, 2.75) is 25.3 Å². The minimum atomic E-state index is -0.515. The standard InChI is InChI=1S/C26H24N2O5S/c1-31-17-9-7-15(8-10-17)24-23-19(5-4-6-20(23)29)27-26-28(24)25(30)22(34-26)14-16-13-18(32-2)11-12-21(16)33-3/h7-14,24H,4-6H2,1-3H3. The molecule has 174 valence electrons. The molecule has 8 heteroatoms. The predicted molar refractivity (Wildman–Crippen MR) is 129 cm³/mol. The lowest BCUT2D eigenvalue weighted by atomic mass is 9.86. The van der Waals surface area contributed by atoms with Crippen LogP contribution in [-0.2, 0) is 4.79 Å². The third kappa shape index (κ3) is 3.74. The normalized spacial score (nSPS) is 17.7. The second-order valence-electron chi connectivity index (χ2n) is 8.10. The minimum Gasteiger partial charge on any atom is -0.497 e. The van der Waals surface area contributed by atoms with Gasteiger partial charge in [-0.05, 0) is 54.8 Å². The summed E-state index contributed by atoms with van der Waals surface area (Å²) in [5, 5.41) is 0. The van der Waals surface area contributed by atoms with Crippen molar-refractivity contribution in [1.82, 2.24) is 4.57 Å². The Kier molecular flexibility index (Phi) is 5.83. The molecular weight excluding hydrogens is 452 g/mol. The van der Waals surface area contributed by atoms with Crippen molar-refractivity contribution < 1.29 is 19.0 Å². The Morgan fingerprint density at radius 2 is 1.71 bits per heavy atom. The summed E-state index contributed by atoms with van der Waals surface area (Å²) in [6, 6.07) is 12.4. The Hall–Kier alpha value is -3.65. The van der Waals surface area contributed by atoms with Crippen LogP contribution in [0.15, 0.2) is 63.5 Å². The van der Waals surface area contributed by atoms with Crippen LogP contribution in [-0.4, -0.2) is 31.7 Å². The molecule has 2 heterocycles. The van der Waals surface area contributed by atoms with E-state index in [2.05, 4.69) is 0 Å². The number of hydrogen-bond acceptors (Lipinski definition) is 7. The van der Waals surface area contributed by atoms with Gasteiger partial charge in [0.25, 0.3) is 5.56 Å². The molecule has 2 aliphatic rings. The maximum absolute atomic E-state index is 13.7. The monoisotopic (exact) mass is 476 g/mol. The molecule has 1 aliphatic heterocycles. The van der Waals surface area contributed by atoms with Gasteiger partial charge in [0.2, 0.25) is 0 Å². The Morgan fingerprint density at radius 3 is 2.41 bits per heavy atom. The molecule has 1 atom stereocenters. The Morgan fingerprint density at radius 1 is 0.971 bits per heavy atom. The summed E-state index contributed by atoms with van der Waals surface area (Å²) < 4.78 is 18.3. The van der Waals surface area contributed by atoms with E-state index in [-0.39, 0.29) is 11.3 Å². The van der Waals surface area contributed by atoms with E-state index in [1.54, 1.807) is 44.1 Å². The van der Waals surface area contributed by atoms with E-state index < -0.39 is 6.04 Å². The molecule has 0 saturated heterocycles. The fourth-order valence-corrected chi connectivity index (χ4v) is 5.52. The van der Waals surface area contributed by atoms with Gasteiger partial charge in [-0.2, -0.15) is 0 Å². The zero-order chi connectivity index (χ0) is 23.8. The summed E-state index contributed by atoms with van der Waals surface area (Å²) in [4.78, 5) is 32.1. The molecule has 1 aromatic heterocycles. The van der Waals surface area contributed by atoms with Gasteiger partial charge in [-0.15, -0.1) is 0 Å². The predicted octanol–water partition coefficient (Wildman–Crippen LogP) is 2.99. The quantitative estimate of drug-likeness (QED) is 0.566. The second kappa shape index (κ2) is 8.95. The molecule has 0 spiro atoms. The van der Waals surface area contributed by atoms with Gasteiger partial charge in [-0.3, -0.25) is 14.2 Å². The minimum absolute atomic E-state index is 0.0505. The average Bonchev–Trinajstić information content (AvgIpc) is 3.17. The van der Waals surface area contributed by atoms with Crippen molar-refractivity contribution in [2.24, 2.45) is 4.99 Å². The maximum atomic E-state index is 13.7. The molecule has 0 saturated carbocycles. The van der Waals surface area contributed by atoms with E-state index in [1.165, 1.54) is 11.3 Å². The summed E-state index contributed by atoms with van der Waals surface area (Å²) in [6.45, 7) is 0. The number of ether oxygens (including phenoxy) is 3. The van der Waals surface area contributed by atoms with Crippen LogP contribution in [0.25, 0.3) is 6.08 Å². The lowest BCUT2D eigenvalue weighted by Crippen LogP contribution is -2.40. The van der Waals surface area contributed by atoms with Crippen LogP contribution in [0.1, 0.15) is 36.4 Å². The van der Waals surface area contributed by atoms with E-state index in [4.69, 9.17) is 19.2 Å². The first-order valence-electron chi connectivity index (χ1n) is 11.0. The van der Waals surface area contributed by atoms with Gasteiger partial charge in [-0.25, -0.2) is 4.99 Å². The number of Topliss-reactive ketones (excluding diaryl/α,β-unsaturated/α-hetero) is 1. The number of carbonyl (C=O) groups excluding carboxylic acids is 1. The van der Waals surface area contributed by atoms with Gasteiger partial charge in [-0.1, -0.05) is 23.5 Å². The van der Waals surface area contributed by atoms with Crippen LogP contribution < -0.4 is 29.1 Å². The van der Waals surface area contributed by atoms with E-state index in [0.29, 0.717) is 38.6 Å². The number of thiazole rings is 1. The first-order chi connectivity index (χ1) is 16.5. The maximum Gasteiger partial charge on any atom is 0.271 e. The number of hydrogen-bond donors (Lipinski definition) is 0. The molecule has 0 bridgehead atoms. The lowest BCUT2D eigenvalue weighted by Gasteiger charge is -2.28. The summed E-state index contributed by atoms with van der Waals surface area (Å²) in [5.41, 5.74) is 2.79. The molecule has 0 fully saturated rings. The fourth-order valence-electron chi connectivity index (χ4n) is 4.51. The molecule has 5 rings (SSSR count). The van der Waals surface area contributed by atoms with Gasteiger partial charge in [0.1, 0.15) is 17.2 Å². The van der Waals surface area contributed by atoms with Crippen LogP contribution in [0.2, 0.25) is 0 Å². The van der Waals surface area contributed by atoms with Crippen LogP contribution in [0.5, 0.6) is 17.2 Å². The van der Waals surface area contributed by atoms with Crippen molar-refractivity contribution in [3.05, 3.63) is 84.5 Å². The molecule has 2 aromatic carbocycles. The van der Waals surface area contributed by atoms with Gasteiger partial charge in [0.05, 0.1) is 37.6 Å². The molecule has 1 unspecified atom stereocenters. The highest BCUT2D eigenvalue weighted by molar-refractivity contribution is 7.07. The van der Waals surface area contributed by atoms with Crippen molar-refractivity contribution in [3.8, 4) is 17.2 Å². The van der Waals surface area contributed by atoms with E-state index in [0.717, 1.165) is 29.7 Å². The van der Waals surface area contributed by atoms with Crippen molar-refractivity contribution >= 4 is 23.2 Å². The highest BCUT2D eigenvalue weighted by atomic mass is 32.1. The third-order valence-corrected chi connectivity index (χ3v) is 7.17. The highest BCUT2D eigenvalue weighted by Gasteiger charge is 2.35. The topological polar surface area (TPSA) is 79.1 Å². The van der Waals surface area contributed by atoms with E-state index >= 15 is 0 Å². The average molecular weight is 477 g/mol. The number of allylic oxidation sites excluding steroid dienone is 2. The number of benzene rings is 2. The molecule has 0 radical (unpaired) electrons. The lowest BCUT2D eigenvalue weighted by molar-refractivity contribution is -0.116. The molecule has 0 N–H and O–H groups in total. The van der Waals surface area contributed by atoms with Crippen molar-refractivity contribution in [2.75, 3.05) is 21.3 Å². The number of aromatic nitrogens is 1. The summed E-state index contributed by atoms with van der Waals surface area (Å²) >= 11 is 1.31. The first kappa shape index (κ1) is 22.2. The van der Waals surface area contributed by atoms with Crippen LogP contribution in [0.4, 0.5) is 0 Å². The Balaban J connectivity index is 1.74. The molecule has 1 aliphatic carbocycles. The largest absolute Gasteiger partial charge is 0.497 e. The van der Waals surface area contributed by atoms with Crippen molar-refractivity contribution in [3.63, 3.8) is 0 Å². The number of fused-ring (bicyclic) bond motifs is 1. The van der Waals surface area contributed by atoms with Crippen molar-refractivity contribution in [1.29, 1.82) is 0 Å². The van der Waals surface area contributed by atoms with Gasteiger partial charge < -0.3 is 14.2 Å². The van der Waals surface area contributed by atoms with Gasteiger partial charge >= 0.3 is 0 Å². The van der Waals surface area contributed by atoms with Crippen LogP contribution >= 0.6 is 11.3 Å². The molecule has 3 aromatic rings. The van der Waals surface area contributed by atoms with E-state index in [9.17, 15) is 9.59 Å². The zero-order valence-electron chi connectivity index (χ0n) is 19.2. The first-order valence-corrected chi connectivity index (χ1v) is 11.8. The summed E-state index contributed by atoms with van der Waals surface area (Å²) in [5.74, 6) is 2.06. The molecule has 34 heavy (non-hydrogen) atoms. The van der Waals surface area contributed by atoms with E-state index in [1.807, 2.05) is 30.3 Å². The van der Waals surface area contributed by atoms with Gasteiger partial charge in [0.15, 0.2) is 10.6 Å². The number of rotatable bonds is 5. The SMILES string of the molecule is COc1ccc(C2C3=C(CCCC3=O)N=c3sc(=Cc4cc(OC)ccc4OC)c(=O)n32)cc1. The zero-order valence-corrected chi connectivity index (χ0v) is 20.0. The second-order valence-corrected chi connectivity index (χ2v) is 9.11. The van der Waals surface area contributed by atoms with Crippen LogP contribution in [0, 0.1) is 0 Å². The number of ketones is 1. The van der Waals surface area contributed by atoms with Crippen LogP contribution in [0.3, 0.4) is 0 Å². The van der Waals surface area contributed by atoms with Gasteiger partial charge in [0, 0.05) is 17.6 Å². The number of methoxy groups -OCH3 is 3. The Labute approximate surface area is 200 Å². The summed E-state index contributed by atoms with van der Waals surface area (Å²) in [6.07, 6.45) is 3.75. The highest BCUT2D eigenvalue weighted by Crippen LogP contribution is 2.36. The smallest absolute Gasteiger partial charge is 0.271 e. The Bertz CT molecular complexity index is 1480.